The van der Waals surface area contributed by atoms with E-state index in [4.69, 9.17) is 0 Å². The summed E-state index contributed by atoms with van der Waals surface area (Å²) < 4.78 is 0. The number of aromatic nitrogens is 1. The summed E-state index contributed by atoms with van der Waals surface area (Å²) in [6.45, 7) is 9.22. The Morgan fingerprint density at radius 3 is 2.91 bits per heavy atom. The molecule has 1 aromatic heterocycles. The molecule has 130 valence electrons. The maximum Gasteiger partial charge on any atom is 0.317 e. The zero-order chi connectivity index (χ0) is 16.9. The second kappa shape index (κ2) is 8.11. The maximum atomic E-state index is 12.3. The molecule has 1 fully saturated rings. The van der Waals surface area contributed by atoms with Crippen LogP contribution < -0.4 is 10.6 Å². The molecule has 2 heterocycles. The zero-order valence-electron chi connectivity index (χ0n) is 14.8. The van der Waals surface area contributed by atoms with E-state index >= 15 is 0 Å². The highest BCUT2D eigenvalue weighted by molar-refractivity contribution is 7.09. The van der Waals surface area contributed by atoms with Gasteiger partial charge in [-0.2, -0.15) is 0 Å². The van der Waals surface area contributed by atoms with Gasteiger partial charge < -0.3 is 15.5 Å². The normalized spacial score (nSPS) is 19.2. The summed E-state index contributed by atoms with van der Waals surface area (Å²) in [5.74, 6) is 0. The molecule has 23 heavy (non-hydrogen) atoms. The number of hydrogen-bond donors (Lipinski definition) is 2. The van der Waals surface area contributed by atoms with Crippen molar-refractivity contribution < 1.29 is 4.79 Å². The molecular weight excluding hydrogens is 308 g/mol. The molecule has 0 aromatic carbocycles. The molecule has 2 amide bonds. The molecule has 1 saturated heterocycles. The molecule has 0 unspecified atom stereocenters. The Morgan fingerprint density at radius 1 is 1.43 bits per heavy atom. The highest BCUT2D eigenvalue weighted by atomic mass is 32.1. The lowest BCUT2D eigenvalue weighted by Gasteiger charge is -2.27. The molecule has 0 bridgehead atoms. The van der Waals surface area contributed by atoms with Gasteiger partial charge in [-0.25, -0.2) is 9.78 Å². The molecule has 0 spiro atoms. The van der Waals surface area contributed by atoms with E-state index in [0.717, 1.165) is 49.5 Å². The third-order valence-electron chi connectivity index (χ3n) is 4.26. The number of urea groups is 1. The van der Waals surface area contributed by atoms with Crippen LogP contribution >= 0.6 is 11.3 Å². The lowest BCUT2D eigenvalue weighted by atomic mass is 9.98. The topological polar surface area (TPSA) is 57.3 Å². The summed E-state index contributed by atoms with van der Waals surface area (Å²) in [5.41, 5.74) is 1.17. The van der Waals surface area contributed by atoms with Crippen molar-refractivity contribution in [3.8, 4) is 0 Å². The molecule has 1 aliphatic rings. The zero-order valence-corrected chi connectivity index (χ0v) is 15.6. The molecule has 1 aromatic rings. The van der Waals surface area contributed by atoms with Gasteiger partial charge in [0.15, 0.2) is 0 Å². The van der Waals surface area contributed by atoms with Gasteiger partial charge in [0.1, 0.15) is 0 Å². The Hall–Kier alpha value is -1.14. The lowest BCUT2D eigenvalue weighted by molar-refractivity contribution is 0.185. The smallest absolute Gasteiger partial charge is 0.317 e. The van der Waals surface area contributed by atoms with Crippen LogP contribution in [0.2, 0.25) is 0 Å². The van der Waals surface area contributed by atoms with Gasteiger partial charge in [0.25, 0.3) is 0 Å². The molecule has 1 atom stereocenters. The number of carbonyl (C=O) groups excluding carboxylic acids is 1. The van der Waals surface area contributed by atoms with Crippen molar-refractivity contribution >= 4 is 17.4 Å². The minimum Gasteiger partial charge on any atom is -0.338 e. The molecule has 2 N–H and O–H groups in total. The largest absolute Gasteiger partial charge is 0.338 e. The van der Waals surface area contributed by atoms with Gasteiger partial charge in [0.2, 0.25) is 0 Å². The number of amides is 2. The Morgan fingerprint density at radius 2 is 2.22 bits per heavy atom. The highest BCUT2D eigenvalue weighted by Gasteiger charge is 2.21. The summed E-state index contributed by atoms with van der Waals surface area (Å²) in [6, 6.07) is 0.375. The third-order valence-corrected chi connectivity index (χ3v) is 5.58. The molecule has 6 heteroatoms. The van der Waals surface area contributed by atoms with Crippen LogP contribution in [0, 0.1) is 0 Å². The minimum atomic E-state index is 0.0307. The first-order chi connectivity index (χ1) is 10.9. The maximum absolute atomic E-state index is 12.3. The molecule has 5 nitrogen and oxygen atoms in total. The predicted octanol–water partition coefficient (Wildman–Crippen LogP) is 2.77. The number of carbonyl (C=O) groups is 1. The van der Waals surface area contributed by atoms with Gasteiger partial charge in [-0.05, 0) is 32.4 Å². The molecule has 2 rings (SSSR count). The number of nitrogens with zero attached hydrogens (tertiary/aromatic N) is 2. The van der Waals surface area contributed by atoms with Gasteiger partial charge in [0.05, 0.1) is 10.7 Å². The molecule has 0 saturated carbocycles. The highest BCUT2D eigenvalue weighted by Crippen LogP contribution is 2.25. The first-order valence-electron chi connectivity index (χ1n) is 8.54. The van der Waals surface area contributed by atoms with Crippen molar-refractivity contribution in [1.82, 2.24) is 20.5 Å². The van der Waals surface area contributed by atoms with Crippen LogP contribution in [0.4, 0.5) is 4.79 Å². The van der Waals surface area contributed by atoms with Crippen molar-refractivity contribution in [2.45, 2.75) is 57.9 Å². The van der Waals surface area contributed by atoms with E-state index in [1.165, 1.54) is 0 Å². The van der Waals surface area contributed by atoms with Crippen molar-refractivity contribution in [1.29, 1.82) is 0 Å². The van der Waals surface area contributed by atoms with E-state index in [0.29, 0.717) is 12.6 Å². The van der Waals surface area contributed by atoms with Gasteiger partial charge in [-0.3, -0.25) is 0 Å². The summed E-state index contributed by atoms with van der Waals surface area (Å²) in [5, 5.41) is 9.67. The van der Waals surface area contributed by atoms with Crippen molar-refractivity contribution in [3.05, 3.63) is 16.1 Å². The van der Waals surface area contributed by atoms with Crippen LogP contribution in [-0.2, 0) is 11.8 Å². The van der Waals surface area contributed by atoms with E-state index in [9.17, 15) is 4.79 Å². The lowest BCUT2D eigenvalue weighted by Crippen LogP contribution is -2.44. The first-order valence-corrected chi connectivity index (χ1v) is 9.42. The van der Waals surface area contributed by atoms with Gasteiger partial charge >= 0.3 is 6.03 Å². The van der Waals surface area contributed by atoms with Crippen LogP contribution in [0.3, 0.4) is 0 Å². The fraction of sp³-hybridized carbons (Fsp3) is 0.765. The quantitative estimate of drug-likeness (QED) is 0.887. The van der Waals surface area contributed by atoms with Gasteiger partial charge in [0, 0.05) is 36.9 Å². The van der Waals surface area contributed by atoms with Crippen LogP contribution in [-0.4, -0.2) is 48.6 Å². The van der Waals surface area contributed by atoms with E-state index in [1.54, 1.807) is 11.3 Å². The van der Waals surface area contributed by atoms with Crippen molar-refractivity contribution in [2.75, 3.05) is 26.7 Å². The Balaban J connectivity index is 1.76. The average molecular weight is 339 g/mol. The fourth-order valence-corrected chi connectivity index (χ4v) is 3.68. The van der Waals surface area contributed by atoms with E-state index < -0.39 is 0 Å². The summed E-state index contributed by atoms with van der Waals surface area (Å²) >= 11 is 1.71. The predicted molar refractivity (Wildman–Crippen MR) is 96.2 cm³/mol. The van der Waals surface area contributed by atoms with E-state index in [1.807, 2.05) is 11.9 Å². The van der Waals surface area contributed by atoms with Gasteiger partial charge in [-0.1, -0.05) is 20.8 Å². The average Bonchev–Trinajstić information content (AvgIpc) is 2.81. The number of nitrogens with one attached hydrogen (secondary N) is 2. The summed E-state index contributed by atoms with van der Waals surface area (Å²) in [7, 11) is 1.91. The molecule has 0 radical (unpaired) electrons. The Labute approximate surface area is 143 Å². The molecule has 1 aliphatic heterocycles. The molecule has 0 aliphatic carbocycles. The monoisotopic (exact) mass is 338 g/mol. The number of rotatable bonds is 4. The Kier molecular flexibility index (Phi) is 6.41. The van der Waals surface area contributed by atoms with Gasteiger partial charge in [-0.15, -0.1) is 11.3 Å². The second-order valence-corrected chi connectivity index (χ2v) is 8.18. The Bertz CT molecular complexity index is 501. The van der Waals surface area contributed by atoms with Crippen molar-refractivity contribution in [3.63, 3.8) is 0 Å². The van der Waals surface area contributed by atoms with Crippen molar-refractivity contribution in [2.24, 2.45) is 0 Å². The third kappa shape index (κ3) is 5.46. The first kappa shape index (κ1) is 18.2. The second-order valence-electron chi connectivity index (χ2n) is 7.32. The standard InChI is InChI=1S/C17H30N4OS/c1-17(2,3)15-20-13(12-23-15)7-11-19-16(22)21(4)14-6-5-9-18-10-8-14/h12,14,18H,5-11H2,1-4H3,(H,19,22)/t14-/m0/s1. The minimum absolute atomic E-state index is 0.0307. The van der Waals surface area contributed by atoms with Crippen LogP contribution in [0.15, 0.2) is 5.38 Å². The fourth-order valence-electron chi connectivity index (χ4n) is 2.74. The van der Waals surface area contributed by atoms with E-state index in [-0.39, 0.29) is 11.4 Å². The summed E-state index contributed by atoms with van der Waals surface area (Å²) in [4.78, 5) is 18.8. The van der Waals surface area contributed by atoms with Crippen LogP contribution in [0.1, 0.15) is 50.7 Å². The summed E-state index contributed by atoms with van der Waals surface area (Å²) in [6.07, 6.45) is 4.04. The van der Waals surface area contributed by atoms with E-state index in [2.05, 4.69) is 41.8 Å². The number of thiazole rings is 1. The number of hydrogen-bond acceptors (Lipinski definition) is 4. The molecular formula is C17H30N4OS. The van der Waals surface area contributed by atoms with Crippen LogP contribution in [0.25, 0.3) is 0 Å². The van der Waals surface area contributed by atoms with Crippen LogP contribution in [0.5, 0.6) is 0 Å². The SMILES string of the molecule is CN(C(=O)NCCc1csc(C(C)(C)C)n1)[C@H]1CCCNCC1.